The zero-order valence-electron chi connectivity index (χ0n) is 14.5. The van der Waals surface area contributed by atoms with Gasteiger partial charge in [0.05, 0.1) is 5.02 Å². The second-order valence-electron chi connectivity index (χ2n) is 6.76. The lowest BCUT2D eigenvalue weighted by molar-refractivity contribution is -0.128. The van der Waals surface area contributed by atoms with Crippen molar-refractivity contribution in [1.29, 1.82) is 0 Å². The van der Waals surface area contributed by atoms with Crippen LogP contribution in [0, 0.1) is 5.92 Å². The summed E-state index contributed by atoms with van der Waals surface area (Å²) in [4.78, 5) is 14.7. The number of ether oxygens (including phenoxy) is 1. The SMILES string of the molecule is CC(Oc1ccc(Cl)cc1Cl)C(=O)NC1CCCCC1CN(C)C. The summed E-state index contributed by atoms with van der Waals surface area (Å²) in [5, 5.41) is 4.11. The number of nitrogens with zero attached hydrogens (tertiary/aromatic N) is 1. The minimum Gasteiger partial charge on any atom is -0.479 e. The van der Waals surface area contributed by atoms with Gasteiger partial charge in [-0.2, -0.15) is 0 Å². The molecule has 1 aliphatic carbocycles. The molecular formula is C18H26Cl2N2O2. The monoisotopic (exact) mass is 372 g/mol. The van der Waals surface area contributed by atoms with Crippen molar-refractivity contribution < 1.29 is 9.53 Å². The molecule has 3 atom stereocenters. The minimum absolute atomic E-state index is 0.100. The first-order valence-electron chi connectivity index (χ1n) is 8.43. The first-order valence-corrected chi connectivity index (χ1v) is 9.19. The van der Waals surface area contributed by atoms with Crippen LogP contribution in [0.4, 0.5) is 0 Å². The van der Waals surface area contributed by atoms with Gasteiger partial charge in [-0.1, -0.05) is 36.0 Å². The molecule has 1 saturated carbocycles. The highest BCUT2D eigenvalue weighted by molar-refractivity contribution is 6.35. The molecule has 0 saturated heterocycles. The Bertz CT molecular complexity index is 566. The number of hydrogen-bond acceptors (Lipinski definition) is 3. The van der Waals surface area contributed by atoms with Gasteiger partial charge in [0.2, 0.25) is 0 Å². The van der Waals surface area contributed by atoms with E-state index in [0.717, 1.165) is 25.8 Å². The van der Waals surface area contributed by atoms with Gasteiger partial charge in [0.1, 0.15) is 5.75 Å². The molecule has 134 valence electrons. The van der Waals surface area contributed by atoms with E-state index in [9.17, 15) is 4.79 Å². The number of carbonyl (C=O) groups excluding carboxylic acids is 1. The van der Waals surface area contributed by atoms with Gasteiger partial charge in [-0.05, 0) is 58.0 Å². The van der Waals surface area contributed by atoms with Crippen LogP contribution in [0.25, 0.3) is 0 Å². The van der Waals surface area contributed by atoms with E-state index in [1.165, 1.54) is 6.42 Å². The number of amides is 1. The molecule has 4 nitrogen and oxygen atoms in total. The molecule has 0 heterocycles. The highest BCUT2D eigenvalue weighted by Gasteiger charge is 2.28. The van der Waals surface area contributed by atoms with Crippen molar-refractivity contribution in [1.82, 2.24) is 10.2 Å². The molecule has 2 rings (SSSR count). The fourth-order valence-corrected chi connectivity index (χ4v) is 3.65. The topological polar surface area (TPSA) is 41.6 Å². The van der Waals surface area contributed by atoms with Crippen molar-refractivity contribution in [3.8, 4) is 5.75 Å². The summed E-state index contributed by atoms with van der Waals surface area (Å²) in [5.74, 6) is 0.859. The minimum atomic E-state index is -0.606. The van der Waals surface area contributed by atoms with Crippen molar-refractivity contribution in [2.45, 2.75) is 44.8 Å². The number of carbonyl (C=O) groups is 1. The lowest BCUT2D eigenvalue weighted by Gasteiger charge is -2.34. The molecule has 3 unspecified atom stereocenters. The van der Waals surface area contributed by atoms with Crippen molar-refractivity contribution in [3.05, 3.63) is 28.2 Å². The second kappa shape index (κ2) is 8.93. The van der Waals surface area contributed by atoms with Crippen LogP contribution in [-0.4, -0.2) is 43.6 Å². The zero-order valence-corrected chi connectivity index (χ0v) is 16.0. The molecule has 0 spiro atoms. The number of nitrogens with one attached hydrogen (secondary N) is 1. The Morgan fingerprint density at radius 1 is 1.33 bits per heavy atom. The van der Waals surface area contributed by atoms with E-state index in [-0.39, 0.29) is 11.9 Å². The molecule has 1 aliphatic rings. The van der Waals surface area contributed by atoms with E-state index in [0.29, 0.717) is 21.7 Å². The van der Waals surface area contributed by atoms with Crippen LogP contribution in [0.5, 0.6) is 5.75 Å². The van der Waals surface area contributed by atoms with Crippen molar-refractivity contribution >= 4 is 29.1 Å². The van der Waals surface area contributed by atoms with Crippen molar-refractivity contribution in [2.24, 2.45) is 5.92 Å². The third-order valence-electron chi connectivity index (χ3n) is 4.40. The molecule has 1 aromatic carbocycles. The molecule has 1 N–H and O–H groups in total. The molecule has 1 aromatic rings. The maximum Gasteiger partial charge on any atom is 0.261 e. The lowest BCUT2D eigenvalue weighted by Crippen LogP contribution is -2.49. The molecule has 0 aliphatic heterocycles. The summed E-state index contributed by atoms with van der Waals surface area (Å²) in [6, 6.07) is 5.20. The smallest absolute Gasteiger partial charge is 0.261 e. The first kappa shape index (κ1) is 19.4. The Kier molecular flexibility index (Phi) is 7.20. The van der Waals surface area contributed by atoms with Crippen LogP contribution in [-0.2, 0) is 4.79 Å². The summed E-state index contributed by atoms with van der Waals surface area (Å²) in [7, 11) is 4.14. The number of halogens is 2. The molecular weight excluding hydrogens is 347 g/mol. The second-order valence-corrected chi connectivity index (χ2v) is 7.60. The van der Waals surface area contributed by atoms with Crippen LogP contribution in [0.15, 0.2) is 18.2 Å². The summed E-state index contributed by atoms with van der Waals surface area (Å²) < 4.78 is 5.71. The average molecular weight is 373 g/mol. The van der Waals surface area contributed by atoms with E-state index in [1.54, 1.807) is 25.1 Å². The molecule has 1 fully saturated rings. The highest BCUT2D eigenvalue weighted by Crippen LogP contribution is 2.29. The fraction of sp³-hybridized carbons (Fsp3) is 0.611. The third-order valence-corrected chi connectivity index (χ3v) is 4.93. The van der Waals surface area contributed by atoms with Crippen LogP contribution in [0.3, 0.4) is 0 Å². The lowest BCUT2D eigenvalue weighted by atomic mass is 9.84. The van der Waals surface area contributed by atoms with E-state index in [4.69, 9.17) is 27.9 Å². The molecule has 0 radical (unpaired) electrons. The predicted molar refractivity (Wildman–Crippen MR) is 99.0 cm³/mol. The Labute approximate surface area is 154 Å². The Morgan fingerprint density at radius 2 is 2.04 bits per heavy atom. The van der Waals surface area contributed by atoms with Crippen molar-refractivity contribution in [3.63, 3.8) is 0 Å². The largest absolute Gasteiger partial charge is 0.479 e. The summed E-state index contributed by atoms with van der Waals surface area (Å²) in [5.41, 5.74) is 0. The van der Waals surface area contributed by atoms with Gasteiger partial charge in [0.15, 0.2) is 6.10 Å². The Morgan fingerprint density at radius 3 is 2.71 bits per heavy atom. The highest BCUT2D eigenvalue weighted by atomic mass is 35.5. The maximum absolute atomic E-state index is 12.5. The van der Waals surface area contributed by atoms with Gasteiger partial charge in [0, 0.05) is 17.6 Å². The summed E-state index contributed by atoms with van der Waals surface area (Å²) >= 11 is 12.0. The molecule has 24 heavy (non-hydrogen) atoms. The third kappa shape index (κ3) is 5.54. The van der Waals surface area contributed by atoms with Gasteiger partial charge in [-0.15, -0.1) is 0 Å². The van der Waals surface area contributed by atoms with Crippen LogP contribution in [0.1, 0.15) is 32.6 Å². The average Bonchev–Trinajstić information content (AvgIpc) is 2.51. The van der Waals surface area contributed by atoms with Crippen LogP contribution in [0.2, 0.25) is 10.0 Å². The molecule has 1 amide bonds. The zero-order chi connectivity index (χ0) is 17.7. The van der Waals surface area contributed by atoms with Gasteiger partial charge < -0.3 is 15.0 Å². The normalized spacial score (nSPS) is 22.2. The summed E-state index contributed by atoms with van der Waals surface area (Å²) in [6.07, 6.45) is 3.97. The van der Waals surface area contributed by atoms with Gasteiger partial charge in [-0.25, -0.2) is 0 Å². The van der Waals surface area contributed by atoms with Gasteiger partial charge >= 0.3 is 0 Å². The van der Waals surface area contributed by atoms with E-state index < -0.39 is 6.10 Å². The number of benzene rings is 1. The predicted octanol–water partition coefficient (Wildman–Crippen LogP) is 4.00. The van der Waals surface area contributed by atoms with E-state index in [1.807, 2.05) is 0 Å². The first-order chi connectivity index (χ1) is 11.4. The summed E-state index contributed by atoms with van der Waals surface area (Å²) in [6.45, 7) is 2.73. The fourth-order valence-electron chi connectivity index (χ4n) is 3.20. The van der Waals surface area contributed by atoms with E-state index in [2.05, 4.69) is 24.3 Å². The Balaban J connectivity index is 1.94. The quantitative estimate of drug-likeness (QED) is 0.820. The Hall–Kier alpha value is -0.970. The molecule has 0 bridgehead atoms. The van der Waals surface area contributed by atoms with Crippen molar-refractivity contribution in [2.75, 3.05) is 20.6 Å². The van der Waals surface area contributed by atoms with Gasteiger partial charge in [-0.3, -0.25) is 4.79 Å². The number of hydrogen-bond donors (Lipinski definition) is 1. The maximum atomic E-state index is 12.5. The molecule has 0 aromatic heterocycles. The van der Waals surface area contributed by atoms with Gasteiger partial charge in [0.25, 0.3) is 5.91 Å². The number of rotatable bonds is 6. The van der Waals surface area contributed by atoms with Crippen LogP contribution >= 0.6 is 23.2 Å². The standard InChI is InChI=1S/C18H26Cl2N2O2/c1-12(24-17-9-8-14(19)10-15(17)20)18(23)21-16-7-5-4-6-13(16)11-22(2)3/h8-10,12-13,16H,4-7,11H2,1-3H3,(H,21,23). The van der Waals surface area contributed by atoms with E-state index >= 15 is 0 Å². The molecule has 6 heteroatoms. The van der Waals surface area contributed by atoms with Crippen LogP contribution < -0.4 is 10.1 Å².